The van der Waals surface area contributed by atoms with E-state index in [1.165, 1.54) is 5.56 Å². The molecular weight excluding hydrogens is 342 g/mol. The summed E-state index contributed by atoms with van der Waals surface area (Å²) >= 11 is 0. The highest BCUT2D eigenvalue weighted by atomic mass is 32.2. The number of hydrogen-bond acceptors (Lipinski definition) is 3. The molecule has 0 bridgehead atoms. The van der Waals surface area contributed by atoms with Gasteiger partial charge in [-0.3, -0.25) is 5.32 Å². The van der Waals surface area contributed by atoms with E-state index in [1.54, 1.807) is 6.07 Å². The molecular formula is C22H29NO2S. The first-order valence-electron chi connectivity index (χ1n) is 9.57. The van der Waals surface area contributed by atoms with Gasteiger partial charge in [-0.1, -0.05) is 74.7 Å². The largest absolute Gasteiger partial charge is 0.300 e. The third-order valence-corrected chi connectivity index (χ3v) is 7.55. The highest BCUT2D eigenvalue weighted by Crippen LogP contribution is 2.37. The van der Waals surface area contributed by atoms with Gasteiger partial charge in [0.2, 0.25) is 0 Å². The predicted octanol–water partition coefficient (Wildman–Crippen LogP) is 4.80. The van der Waals surface area contributed by atoms with Gasteiger partial charge in [-0.15, -0.1) is 0 Å². The second kappa shape index (κ2) is 7.53. The van der Waals surface area contributed by atoms with Gasteiger partial charge >= 0.3 is 0 Å². The number of aryl methyl sites for hydroxylation is 1. The highest BCUT2D eigenvalue weighted by molar-refractivity contribution is 7.91. The van der Waals surface area contributed by atoms with Gasteiger partial charge in [0.05, 0.1) is 16.7 Å². The molecule has 0 fully saturated rings. The third kappa shape index (κ3) is 3.72. The van der Waals surface area contributed by atoms with Gasteiger partial charge in [0, 0.05) is 5.54 Å². The zero-order chi connectivity index (χ0) is 18.8. The molecule has 140 valence electrons. The van der Waals surface area contributed by atoms with E-state index < -0.39 is 15.4 Å². The minimum absolute atomic E-state index is 0.110. The van der Waals surface area contributed by atoms with Crippen LogP contribution in [0.2, 0.25) is 0 Å². The van der Waals surface area contributed by atoms with Gasteiger partial charge in [0.25, 0.3) is 0 Å². The van der Waals surface area contributed by atoms with Crippen LogP contribution in [0, 0.1) is 6.92 Å². The van der Waals surface area contributed by atoms with Crippen molar-refractivity contribution >= 4 is 9.84 Å². The second-order valence-corrected chi connectivity index (χ2v) is 9.48. The van der Waals surface area contributed by atoms with E-state index in [0.717, 1.165) is 36.8 Å². The summed E-state index contributed by atoms with van der Waals surface area (Å²) in [6.07, 6.45) is 3.75. The Hall–Kier alpha value is -1.65. The maximum absolute atomic E-state index is 13.2. The first kappa shape index (κ1) is 19.1. The quantitative estimate of drug-likeness (QED) is 0.821. The SMILES string of the molecule is CCCCC1(CC)CS(=O)(=O)c2ccccc2C(c2ccc(C)cc2)N1. The van der Waals surface area contributed by atoms with Crippen molar-refractivity contribution in [3.05, 3.63) is 65.2 Å². The molecule has 3 rings (SSSR count). The van der Waals surface area contributed by atoms with Gasteiger partial charge in [-0.2, -0.15) is 0 Å². The minimum Gasteiger partial charge on any atom is -0.300 e. The standard InChI is InChI=1S/C22H29NO2S/c1-4-6-15-22(5-2)16-26(24,25)20-10-8-7-9-19(20)21(23-22)18-13-11-17(3)12-14-18/h7-14,21,23H,4-6,15-16H2,1-3H3. The van der Waals surface area contributed by atoms with Crippen LogP contribution in [0.3, 0.4) is 0 Å². The Balaban J connectivity index is 2.17. The van der Waals surface area contributed by atoms with Crippen LogP contribution in [0.25, 0.3) is 0 Å². The van der Waals surface area contributed by atoms with E-state index in [0.29, 0.717) is 4.90 Å². The average Bonchev–Trinajstić information content (AvgIpc) is 2.74. The van der Waals surface area contributed by atoms with Crippen LogP contribution in [0.5, 0.6) is 0 Å². The fourth-order valence-corrected chi connectivity index (χ4v) is 6.08. The van der Waals surface area contributed by atoms with Gasteiger partial charge in [-0.25, -0.2) is 8.42 Å². The number of hydrogen-bond donors (Lipinski definition) is 1. The monoisotopic (exact) mass is 371 g/mol. The molecule has 1 aliphatic heterocycles. The summed E-state index contributed by atoms with van der Waals surface area (Å²) in [5.74, 6) is 0.163. The van der Waals surface area contributed by atoms with Crippen molar-refractivity contribution in [2.75, 3.05) is 5.75 Å². The molecule has 0 radical (unpaired) electrons. The van der Waals surface area contributed by atoms with Gasteiger partial charge in [0.1, 0.15) is 0 Å². The van der Waals surface area contributed by atoms with Crippen LogP contribution in [0.4, 0.5) is 0 Å². The van der Waals surface area contributed by atoms with Crippen molar-refractivity contribution in [1.29, 1.82) is 0 Å². The second-order valence-electron chi connectivity index (χ2n) is 7.52. The lowest BCUT2D eigenvalue weighted by Gasteiger charge is -2.36. The number of nitrogens with one attached hydrogen (secondary N) is 1. The minimum atomic E-state index is -3.34. The highest BCUT2D eigenvalue weighted by Gasteiger charge is 2.41. The summed E-state index contributed by atoms with van der Waals surface area (Å²) in [5, 5.41) is 3.78. The molecule has 1 aliphatic rings. The maximum Gasteiger partial charge on any atom is 0.180 e. The van der Waals surface area contributed by atoms with Crippen molar-refractivity contribution in [1.82, 2.24) is 5.32 Å². The molecule has 2 unspecified atom stereocenters. The van der Waals surface area contributed by atoms with Crippen molar-refractivity contribution in [3.8, 4) is 0 Å². The Labute approximate surface area is 157 Å². The average molecular weight is 372 g/mol. The fraction of sp³-hybridized carbons (Fsp3) is 0.455. The number of sulfone groups is 1. The van der Waals surface area contributed by atoms with Gasteiger partial charge in [0.15, 0.2) is 9.84 Å². The molecule has 0 aromatic heterocycles. The molecule has 2 aromatic rings. The molecule has 0 spiro atoms. The van der Waals surface area contributed by atoms with Crippen LogP contribution in [-0.4, -0.2) is 19.7 Å². The molecule has 2 atom stereocenters. The van der Waals surface area contributed by atoms with Crippen LogP contribution >= 0.6 is 0 Å². The van der Waals surface area contributed by atoms with E-state index >= 15 is 0 Å². The zero-order valence-electron chi connectivity index (χ0n) is 16.0. The summed E-state index contributed by atoms with van der Waals surface area (Å²) in [4.78, 5) is 0.477. The van der Waals surface area contributed by atoms with E-state index in [2.05, 4.69) is 50.4 Å². The maximum atomic E-state index is 13.2. The summed E-state index contributed by atoms with van der Waals surface area (Å²) in [7, 11) is -3.34. The van der Waals surface area contributed by atoms with E-state index in [-0.39, 0.29) is 11.8 Å². The lowest BCUT2D eigenvalue weighted by atomic mass is 9.88. The molecule has 3 nitrogen and oxygen atoms in total. The normalized spacial score (nSPS) is 24.7. The summed E-state index contributed by atoms with van der Waals surface area (Å²) in [5.41, 5.74) is 2.79. The van der Waals surface area contributed by atoms with Gasteiger partial charge in [-0.05, 0) is 37.0 Å². The molecule has 0 aliphatic carbocycles. The van der Waals surface area contributed by atoms with Crippen LogP contribution in [0.1, 0.15) is 62.3 Å². The number of benzene rings is 2. The van der Waals surface area contributed by atoms with Crippen LogP contribution in [-0.2, 0) is 9.84 Å². The van der Waals surface area contributed by atoms with E-state index in [1.807, 2.05) is 18.2 Å². The molecule has 2 aromatic carbocycles. The lowest BCUT2D eigenvalue weighted by Crippen LogP contribution is -2.50. The van der Waals surface area contributed by atoms with Crippen molar-refractivity contribution in [3.63, 3.8) is 0 Å². The number of rotatable bonds is 5. The number of unbranched alkanes of at least 4 members (excludes halogenated alkanes) is 1. The van der Waals surface area contributed by atoms with Crippen molar-refractivity contribution in [2.24, 2.45) is 0 Å². The van der Waals surface area contributed by atoms with Crippen LogP contribution < -0.4 is 5.32 Å². The van der Waals surface area contributed by atoms with E-state index in [9.17, 15) is 8.42 Å². The first-order valence-corrected chi connectivity index (χ1v) is 11.2. The van der Waals surface area contributed by atoms with Crippen molar-refractivity contribution < 1.29 is 8.42 Å². The topological polar surface area (TPSA) is 46.2 Å². The summed E-state index contributed by atoms with van der Waals surface area (Å²) in [6, 6.07) is 15.8. The molecule has 0 saturated carbocycles. The smallest absolute Gasteiger partial charge is 0.180 e. The van der Waals surface area contributed by atoms with Crippen molar-refractivity contribution in [2.45, 2.75) is 62.9 Å². The zero-order valence-corrected chi connectivity index (χ0v) is 16.8. The Kier molecular flexibility index (Phi) is 5.54. The first-order chi connectivity index (χ1) is 12.4. The molecule has 1 N–H and O–H groups in total. The fourth-order valence-electron chi connectivity index (χ4n) is 3.93. The Morgan fingerprint density at radius 3 is 2.42 bits per heavy atom. The van der Waals surface area contributed by atoms with Crippen LogP contribution in [0.15, 0.2) is 53.4 Å². The molecule has 4 heteroatoms. The Morgan fingerprint density at radius 2 is 1.77 bits per heavy atom. The lowest BCUT2D eigenvalue weighted by molar-refractivity contribution is 0.295. The predicted molar refractivity (Wildman–Crippen MR) is 107 cm³/mol. The molecule has 0 amide bonds. The third-order valence-electron chi connectivity index (χ3n) is 5.58. The van der Waals surface area contributed by atoms with E-state index in [4.69, 9.17) is 0 Å². The molecule has 0 saturated heterocycles. The van der Waals surface area contributed by atoms with Gasteiger partial charge < -0.3 is 0 Å². The number of fused-ring (bicyclic) bond motifs is 1. The summed E-state index contributed by atoms with van der Waals surface area (Å²) in [6.45, 7) is 6.32. The molecule has 26 heavy (non-hydrogen) atoms. The Morgan fingerprint density at radius 1 is 1.08 bits per heavy atom. The Bertz CT molecular complexity index is 858. The summed E-state index contributed by atoms with van der Waals surface area (Å²) < 4.78 is 26.4. The molecule has 1 heterocycles.